The molecule has 2 aromatic rings. The van der Waals surface area contributed by atoms with Gasteiger partial charge in [-0.15, -0.1) is 0 Å². The van der Waals surface area contributed by atoms with Gasteiger partial charge in [0.2, 0.25) is 0 Å². The minimum Gasteiger partial charge on any atom is -0.332 e. The molecule has 0 aliphatic rings. The third-order valence-corrected chi connectivity index (χ3v) is 3.44. The molecule has 0 aliphatic carbocycles. The van der Waals surface area contributed by atoms with E-state index >= 15 is 0 Å². The lowest BCUT2D eigenvalue weighted by Crippen LogP contribution is -2.19. The van der Waals surface area contributed by atoms with Gasteiger partial charge in [0.15, 0.2) is 10.9 Å². The van der Waals surface area contributed by atoms with E-state index in [1.165, 1.54) is 6.92 Å². The van der Waals surface area contributed by atoms with Crippen molar-refractivity contribution in [1.29, 1.82) is 0 Å². The summed E-state index contributed by atoms with van der Waals surface area (Å²) in [5, 5.41) is 7.29. The summed E-state index contributed by atoms with van der Waals surface area (Å²) < 4.78 is 0. The average molecular weight is 319 g/mol. The maximum absolute atomic E-state index is 11.2. The van der Waals surface area contributed by atoms with Crippen molar-refractivity contribution in [1.82, 2.24) is 0 Å². The van der Waals surface area contributed by atoms with Crippen molar-refractivity contribution < 1.29 is 4.79 Å². The van der Waals surface area contributed by atoms with Crippen LogP contribution in [0.4, 0.5) is 11.4 Å². The van der Waals surface area contributed by atoms with Gasteiger partial charge in [0.05, 0.1) is 0 Å². The van der Waals surface area contributed by atoms with Crippen molar-refractivity contribution in [3.8, 4) is 0 Å². The fourth-order valence-corrected chi connectivity index (χ4v) is 2.20. The molecule has 0 heterocycles. The Bertz CT molecular complexity index is 683. The summed E-state index contributed by atoms with van der Waals surface area (Å²) in [7, 11) is 0. The molecule has 0 radical (unpaired) electrons. The molecule has 21 heavy (non-hydrogen) atoms. The molecule has 0 aliphatic heterocycles. The SMILES string of the molecule is CC(=O)c1ccc(NC(=S)Nc2cc(Cl)ccc2C)cc1. The van der Waals surface area contributed by atoms with Crippen molar-refractivity contribution in [2.75, 3.05) is 10.6 Å². The van der Waals surface area contributed by atoms with Gasteiger partial charge in [-0.25, -0.2) is 0 Å². The van der Waals surface area contributed by atoms with Crippen LogP contribution in [0.25, 0.3) is 0 Å². The van der Waals surface area contributed by atoms with Crippen LogP contribution < -0.4 is 10.6 Å². The summed E-state index contributed by atoms with van der Waals surface area (Å²) in [6.45, 7) is 3.51. The fourth-order valence-electron chi connectivity index (χ4n) is 1.80. The summed E-state index contributed by atoms with van der Waals surface area (Å²) in [4.78, 5) is 11.2. The Morgan fingerprint density at radius 2 is 1.76 bits per heavy atom. The number of ketones is 1. The normalized spacial score (nSPS) is 10.0. The maximum Gasteiger partial charge on any atom is 0.175 e. The molecule has 108 valence electrons. The number of rotatable bonds is 3. The number of Topliss-reactive ketones (excluding diaryl/α,β-unsaturated/α-hetero) is 1. The van der Waals surface area contributed by atoms with Gasteiger partial charge in [0, 0.05) is 22.0 Å². The predicted octanol–water partition coefficient (Wildman–Crippen LogP) is 4.66. The minimum atomic E-state index is 0.0387. The van der Waals surface area contributed by atoms with E-state index in [9.17, 15) is 4.79 Å². The van der Waals surface area contributed by atoms with Crippen molar-refractivity contribution >= 4 is 46.1 Å². The topological polar surface area (TPSA) is 41.1 Å². The highest BCUT2D eigenvalue weighted by atomic mass is 35.5. The molecule has 0 fully saturated rings. The summed E-state index contributed by atoms with van der Waals surface area (Å²) in [5.74, 6) is 0.0387. The van der Waals surface area contributed by atoms with Crippen LogP contribution >= 0.6 is 23.8 Å². The van der Waals surface area contributed by atoms with E-state index in [-0.39, 0.29) is 5.78 Å². The Kier molecular flexibility index (Phi) is 4.94. The van der Waals surface area contributed by atoms with Crippen LogP contribution in [0.1, 0.15) is 22.8 Å². The molecule has 0 bridgehead atoms. The van der Waals surface area contributed by atoms with Crippen LogP contribution in [0.3, 0.4) is 0 Å². The molecular weight excluding hydrogens is 304 g/mol. The van der Waals surface area contributed by atoms with Crippen molar-refractivity contribution in [2.24, 2.45) is 0 Å². The second kappa shape index (κ2) is 6.70. The monoisotopic (exact) mass is 318 g/mol. The minimum absolute atomic E-state index is 0.0387. The van der Waals surface area contributed by atoms with Crippen molar-refractivity contribution in [2.45, 2.75) is 13.8 Å². The number of carbonyl (C=O) groups excluding carboxylic acids is 1. The number of hydrogen-bond donors (Lipinski definition) is 2. The number of nitrogens with one attached hydrogen (secondary N) is 2. The van der Waals surface area contributed by atoms with Crippen LogP contribution in [-0.2, 0) is 0 Å². The summed E-state index contributed by atoms with van der Waals surface area (Å²) in [6.07, 6.45) is 0. The smallest absolute Gasteiger partial charge is 0.175 e. The number of carbonyl (C=O) groups is 1. The van der Waals surface area contributed by atoms with E-state index in [4.69, 9.17) is 23.8 Å². The number of anilines is 2. The molecule has 3 nitrogen and oxygen atoms in total. The van der Waals surface area contributed by atoms with Gasteiger partial charge in [0.1, 0.15) is 0 Å². The molecule has 5 heteroatoms. The highest BCUT2D eigenvalue weighted by Gasteiger charge is 2.04. The van der Waals surface area contributed by atoms with E-state index < -0.39 is 0 Å². The first-order valence-electron chi connectivity index (χ1n) is 6.41. The Balaban J connectivity index is 2.04. The van der Waals surface area contributed by atoms with E-state index in [1.807, 2.05) is 37.3 Å². The third kappa shape index (κ3) is 4.28. The molecule has 2 rings (SSSR count). The van der Waals surface area contributed by atoms with Crippen LogP contribution in [-0.4, -0.2) is 10.9 Å². The highest BCUT2D eigenvalue weighted by Crippen LogP contribution is 2.20. The fraction of sp³-hybridized carbons (Fsp3) is 0.125. The van der Waals surface area contributed by atoms with Crippen LogP contribution in [0.15, 0.2) is 42.5 Å². The van der Waals surface area contributed by atoms with Gasteiger partial charge < -0.3 is 10.6 Å². The first-order valence-corrected chi connectivity index (χ1v) is 7.19. The number of hydrogen-bond acceptors (Lipinski definition) is 2. The largest absolute Gasteiger partial charge is 0.332 e. The number of benzene rings is 2. The molecule has 0 saturated carbocycles. The molecule has 0 saturated heterocycles. The molecule has 2 aromatic carbocycles. The highest BCUT2D eigenvalue weighted by molar-refractivity contribution is 7.80. The quantitative estimate of drug-likeness (QED) is 0.638. The molecule has 0 spiro atoms. The van der Waals surface area contributed by atoms with Crippen molar-refractivity contribution in [3.63, 3.8) is 0 Å². The Hall–Kier alpha value is -1.91. The number of halogens is 1. The molecule has 0 unspecified atom stereocenters. The molecule has 0 aromatic heterocycles. The predicted molar refractivity (Wildman–Crippen MR) is 92.5 cm³/mol. The van der Waals surface area contributed by atoms with Crippen LogP contribution in [0.2, 0.25) is 5.02 Å². The Morgan fingerprint density at radius 1 is 1.10 bits per heavy atom. The van der Waals surface area contributed by atoms with E-state index in [1.54, 1.807) is 12.1 Å². The van der Waals surface area contributed by atoms with Gasteiger partial charge in [-0.1, -0.05) is 17.7 Å². The molecule has 0 atom stereocenters. The first-order chi connectivity index (χ1) is 9.95. The van der Waals surface area contributed by atoms with Crippen molar-refractivity contribution in [3.05, 3.63) is 58.6 Å². The third-order valence-electron chi connectivity index (χ3n) is 3.00. The summed E-state index contributed by atoms with van der Waals surface area (Å²) in [6, 6.07) is 12.7. The zero-order valence-electron chi connectivity index (χ0n) is 11.7. The number of aryl methyl sites for hydroxylation is 1. The van der Waals surface area contributed by atoms with E-state index in [0.717, 1.165) is 16.9 Å². The standard InChI is InChI=1S/C16H15ClN2OS/c1-10-3-6-13(17)9-15(10)19-16(21)18-14-7-4-12(5-8-14)11(2)20/h3-9H,1-2H3,(H2,18,19,21). The van der Waals surface area contributed by atoms with Gasteiger partial charge in [-0.05, 0) is 68.0 Å². The van der Waals surface area contributed by atoms with Crippen LogP contribution in [0.5, 0.6) is 0 Å². The second-order valence-electron chi connectivity index (χ2n) is 4.67. The molecule has 0 amide bonds. The van der Waals surface area contributed by atoms with E-state index in [0.29, 0.717) is 15.7 Å². The summed E-state index contributed by atoms with van der Waals surface area (Å²) in [5.41, 5.74) is 3.40. The average Bonchev–Trinajstić information content (AvgIpc) is 2.43. The maximum atomic E-state index is 11.2. The lowest BCUT2D eigenvalue weighted by molar-refractivity contribution is 0.101. The van der Waals surface area contributed by atoms with Gasteiger partial charge in [-0.2, -0.15) is 0 Å². The molecular formula is C16H15ClN2OS. The lowest BCUT2D eigenvalue weighted by Gasteiger charge is -2.13. The zero-order valence-corrected chi connectivity index (χ0v) is 13.3. The summed E-state index contributed by atoms with van der Waals surface area (Å²) >= 11 is 11.2. The lowest BCUT2D eigenvalue weighted by atomic mass is 10.1. The van der Waals surface area contributed by atoms with E-state index in [2.05, 4.69) is 10.6 Å². The van der Waals surface area contributed by atoms with Gasteiger partial charge in [0.25, 0.3) is 0 Å². The molecule has 2 N–H and O–H groups in total. The van der Waals surface area contributed by atoms with Gasteiger partial charge in [-0.3, -0.25) is 4.79 Å². The second-order valence-corrected chi connectivity index (χ2v) is 5.52. The van der Waals surface area contributed by atoms with Gasteiger partial charge >= 0.3 is 0 Å². The Labute approximate surface area is 134 Å². The Morgan fingerprint density at radius 3 is 2.38 bits per heavy atom. The van der Waals surface area contributed by atoms with Crippen LogP contribution in [0, 0.1) is 6.92 Å². The number of thiocarbonyl (C=S) groups is 1. The zero-order chi connectivity index (χ0) is 15.4. The first kappa shape index (κ1) is 15.5.